The van der Waals surface area contributed by atoms with Crippen molar-refractivity contribution in [2.45, 2.75) is 113 Å². The van der Waals surface area contributed by atoms with Crippen molar-refractivity contribution in [3.8, 4) is 37.1 Å². The van der Waals surface area contributed by atoms with Crippen molar-refractivity contribution in [3.05, 3.63) is 48.6 Å². The molecule has 4 saturated carbocycles. The van der Waals surface area contributed by atoms with Crippen molar-refractivity contribution < 1.29 is 5.11 Å². The molecule has 2 N–H and O–H groups in total. The highest BCUT2D eigenvalue weighted by Gasteiger charge is 2.65. The van der Waals surface area contributed by atoms with Crippen molar-refractivity contribution in [2.75, 3.05) is 6.61 Å². The maximum atomic E-state index is 10.5. The van der Waals surface area contributed by atoms with Gasteiger partial charge < -0.3 is 5.11 Å². The molecule has 0 radical (unpaired) electrons. The van der Waals surface area contributed by atoms with E-state index in [1.54, 1.807) is 6.08 Å². The van der Waals surface area contributed by atoms with Crippen LogP contribution >= 0.6 is 0 Å². The van der Waals surface area contributed by atoms with Crippen LogP contribution in [0.4, 0.5) is 0 Å². The third-order valence-corrected chi connectivity index (χ3v) is 13.4. The summed E-state index contributed by atoms with van der Waals surface area (Å²) in [4.78, 5) is 0. The molecular formula is C42H62N4O. The molecule has 0 aliphatic heterocycles. The first-order valence-electron chi connectivity index (χ1n) is 18.0. The second kappa shape index (κ2) is 15.8. The normalized spacial score (nSPS) is 35.6. The van der Waals surface area contributed by atoms with Crippen LogP contribution in [-0.4, -0.2) is 32.3 Å². The minimum Gasteiger partial charge on any atom is -0.396 e. The minimum atomic E-state index is 0.142. The SMILES string of the molecule is C#C.C#C.C=CC.CC.CC1(C)C(c2ccc(-c3nn[nH]n3)cc2)=CC[C@@]2(C)C1CC[C@@]1(C)C3CC[C@@]4(CO)CCCC4[C@H]3CCC12. The minimum absolute atomic E-state index is 0.142. The Hall–Kier alpha value is -3.15. The Morgan fingerprint density at radius 3 is 2.09 bits per heavy atom. The largest absolute Gasteiger partial charge is 0.396 e. The molecule has 0 saturated heterocycles. The lowest BCUT2D eigenvalue weighted by molar-refractivity contribution is -0.181. The monoisotopic (exact) mass is 638 g/mol. The van der Waals surface area contributed by atoms with Crippen LogP contribution in [0.3, 0.4) is 0 Å². The molecule has 0 spiro atoms. The maximum absolute atomic E-state index is 10.5. The van der Waals surface area contributed by atoms with Gasteiger partial charge in [0.2, 0.25) is 5.82 Å². The number of aliphatic hydroxyl groups is 1. The van der Waals surface area contributed by atoms with Crippen molar-refractivity contribution in [2.24, 2.45) is 51.2 Å². The Labute approximate surface area is 286 Å². The zero-order valence-corrected chi connectivity index (χ0v) is 30.4. The number of aliphatic hydroxyl groups excluding tert-OH is 1. The molecule has 5 nitrogen and oxygen atoms in total. The van der Waals surface area contributed by atoms with Crippen LogP contribution in [0.2, 0.25) is 0 Å². The zero-order chi connectivity index (χ0) is 35.0. The fourth-order valence-corrected chi connectivity index (χ4v) is 11.8. The van der Waals surface area contributed by atoms with Crippen LogP contribution in [0.1, 0.15) is 118 Å². The molecular weight excluding hydrogens is 576 g/mol. The number of aromatic amines is 1. The lowest BCUT2D eigenvalue weighted by atomic mass is 9.36. The summed E-state index contributed by atoms with van der Waals surface area (Å²) in [6, 6.07) is 8.81. The Kier molecular flexibility index (Phi) is 12.9. The van der Waals surface area contributed by atoms with E-state index in [1.807, 2.05) is 20.8 Å². The van der Waals surface area contributed by atoms with Gasteiger partial charge in [-0.25, -0.2) is 0 Å². The number of hydrogen-bond donors (Lipinski definition) is 2. The molecule has 1 aromatic heterocycles. The average molecular weight is 639 g/mol. The number of allylic oxidation sites excluding steroid dienone is 3. The van der Waals surface area contributed by atoms with E-state index in [2.05, 4.69) is 111 Å². The van der Waals surface area contributed by atoms with Gasteiger partial charge in [0, 0.05) is 12.2 Å². The van der Waals surface area contributed by atoms with Gasteiger partial charge in [0.1, 0.15) is 0 Å². The topological polar surface area (TPSA) is 74.7 Å². The summed E-state index contributed by atoms with van der Waals surface area (Å²) >= 11 is 0. The fourth-order valence-electron chi connectivity index (χ4n) is 11.8. The Morgan fingerprint density at radius 2 is 1.49 bits per heavy atom. The van der Waals surface area contributed by atoms with Crippen molar-refractivity contribution in [1.82, 2.24) is 20.6 Å². The second-order valence-electron chi connectivity index (χ2n) is 15.3. The van der Waals surface area contributed by atoms with Gasteiger partial charge in [-0.1, -0.05) is 84.4 Å². The lowest BCUT2D eigenvalue weighted by Crippen LogP contribution is -2.61. The van der Waals surface area contributed by atoms with E-state index in [1.165, 1.54) is 75.3 Å². The number of terminal acetylenes is 2. The van der Waals surface area contributed by atoms with Crippen LogP contribution in [0, 0.1) is 76.9 Å². The third kappa shape index (κ3) is 6.50. The molecule has 5 heteroatoms. The molecule has 5 aliphatic carbocycles. The predicted molar refractivity (Wildman–Crippen MR) is 198 cm³/mol. The number of hydrogen-bond acceptors (Lipinski definition) is 4. The number of nitrogens with zero attached hydrogens (tertiary/aromatic N) is 3. The Morgan fingerprint density at radius 1 is 0.851 bits per heavy atom. The van der Waals surface area contributed by atoms with Crippen molar-refractivity contribution in [3.63, 3.8) is 0 Å². The van der Waals surface area contributed by atoms with Gasteiger partial charge >= 0.3 is 0 Å². The number of nitrogens with one attached hydrogen (secondary N) is 1. The van der Waals surface area contributed by atoms with Gasteiger partial charge in [-0.3, -0.25) is 0 Å². The molecule has 7 rings (SSSR count). The van der Waals surface area contributed by atoms with Crippen LogP contribution in [0.25, 0.3) is 17.0 Å². The van der Waals surface area contributed by atoms with Crippen LogP contribution in [-0.2, 0) is 0 Å². The summed E-state index contributed by atoms with van der Waals surface area (Å²) < 4.78 is 0. The van der Waals surface area contributed by atoms with Crippen molar-refractivity contribution in [1.29, 1.82) is 0 Å². The molecule has 47 heavy (non-hydrogen) atoms. The van der Waals surface area contributed by atoms with E-state index >= 15 is 0 Å². The summed E-state index contributed by atoms with van der Waals surface area (Å²) in [5.41, 5.74) is 5.08. The molecule has 5 aliphatic rings. The highest BCUT2D eigenvalue weighted by molar-refractivity contribution is 5.73. The van der Waals surface area contributed by atoms with E-state index in [4.69, 9.17) is 0 Å². The summed E-state index contributed by atoms with van der Waals surface area (Å²) in [7, 11) is 0. The standard InChI is InChI=1S/C33H46N4O.C3H6.C2H6.2C2H2/c1-30(2)24(21-7-9-22(10-8-21)29-34-36-37-35-29)13-17-32(4)27(30)15-18-31(3)25-14-19-33(20-38)16-5-6-26(33)23(25)11-12-28(31)32;1-3-2;3*1-2/h7-10,13,23,25-28,38H,5-6,11-12,14-20H2,1-4H3,(H,34,35,36,37);3H,1H2,2H3;1-2H3;2*1-2H/t23-,25?,26?,27?,28?,31-,32-,33+;;;;/m0..../s1. The number of aromatic nitrogens is 4. The first-order chi connectivity index (χ1) is 22.6. The van der Waals surface area contributed by atoms with E-state index in [-0.39, 0.29) is 10.8 Å². The first kappa shape index (κ1) is 38.3. The highest BCUT2D eigenvalue weighted by atomic mass is 16.3. The van der Waals surface area contributed by atoms with Gasteiger partial charge in [-0.05, 0) is 132 Å². The zero-order valence-electron chi connectivity index (χ0n) is 30.4. The van der Waals surface area contributed by atoms with Crippen molar-refractivity contribution >= 4 is 5.57 Å². The van der Waals surface area contributed by atoms with Crippen LogP contribution in [0.15, 0.2) is 43.0 Å². The predicted octanol–water partition coefficient (Wildman–Crippen LogP) is 10.0. The Balaban J connectivity index is 0.000000613. The lowest BCUT2D eigenvalue weighted by Gasteiger charge is -2.68. The maximum Gasteiger partial charge on any atom is 0.204 e. The molecule has 4 fully saturated rings. The Bertz CT molecular complexity index is 1350. The quantitative estimate of drug-likeness (QED) is 0.259. The number of rotatable bonds is 3. The van der Waals surface area contributed by atoms with Gasteiger partial charge in [-0.15, -0.1) is 42.5 Å². The van der Waals surface area contributed by atoms with E-state index in [0.717, 1.165) is 29.2 Å². The molecule has 4 unspecified atom stereocenters. The fraction of sp³-hybridized carbons (Fsp3) is 0.643. The number of fused-ring (bicyclic) bond motifs is 7. The van der Waals surface area contributed by atoms with Gasteiger partial charge in [0.25, 0.3) is 0 Å². The van der Waals surface area contributed by atoms with Gasteiger partial charge in [0.15, 0.2) is 0 Å². The smallest absolute Gasteiger partial charge is 0.204 e. The first-order valence-corrected chi connectivity index (χ1v) is 18.0. The third-order valence-electron chi connectivity index (χ3n) is 13.4. The highest BCUT2D eigenvalue weighted by Crippen LogP contribution is 2.73. The van der Waals surface area contributed by atoms with E-state index in [0.29, 0.717) is 29.2 Å². The number of benzene rings is 1. The number of tetrazole rings is 1. The summed E-state index contributed by atoms with van der Waals surface area (Å²) in [6.07, 6.45) is 33.7. The molecule has 256 valence electrons. The average Bonchev–Trinajstić information content (AvgIpc) is 3.79. The van der Waals surface area contributed by atoms with E-state index < -0.39 is 0 Å². The molecule has 8 atom stereocenters. The van der Waals surface area contributed by atoms with Gasteiger partial charge in [0.05, 0.1) is 0 Å². The molecule has 0 amide bonds. The molecule has 1 heterocycles. The molecule has 1 aromatic carbocycles. The number of H-pyrrole nitrogens is 1. The summed E-state index contributed by atoms with van der Waals surface area (Å²) in [6.45, 7) is 20.1. The summed E-state index contributed by atoms with van der Waals surface area (Å²) in [5.74, 6) is 4.64. The van der Waals surface area contributed by atoms with Crippen LogP contribution < -0.4 is 0 Å². The summed E-state index contributed by atoms with van der Waals surface area (Å²) in [5, 5.41) is 25.0. The second-order valence-corrected chi connectivity index (χ2v) is 15.3. The van der Waals surface area contributed by atoms with Crippen LogP contribution in [0.5, 0.6) is 0 Å². The van der Waals surface area contributed by atoms with E-state index in [9.17, 15) is 5.11 Å². The molecule has 2 aromatic rings. The molecule has 0 bridgehead atoms. The van der Waals surface area contributed by atoms with Gasteiger partial charge in [-0.2, -0.15) is 5.21 Å².